The summed E-state index contributed by atoms with van der Waals surface area (Å²) in [6, 6.07) is 9.12. The van der Waals surface area contributed by atoms with Gasteiger partial charge in [0.1, 0.15) is 5.82 Å². The molecule has 2 aromatic rings. The second-order valence-corrected chi connectivity index (χ2v) is 6.43. The smallest absolute Gasteiger partial charge is 0.255 e. The number of aromatic nitrogens is 2. The lowest BCUT2D eigenvalue weighted by molar-refractivity contribution is -0.121. The van der Waals surface area contributed by atoms with Crippen LogP contribution in [-0.4, -0.2) is 39.8 Å². The first-order valence-corrected chi connectivity index (χ1v) is 8.49. The Kier molecular flexibility index (Phi) is 5.07. The quantitative estimate of drug-likeness (QED) is 0.933. The first kappa shape index (κ1) is 17.1. The number of carbonyl (C=O) groups excluding carboxylic acids is 2. The Hall–Kier alpha value is -2.76. The monoisotopic (exact) mass is 338 g/mol. The van der Waals surface area contributed by atoms with Crippen LogP contribution in [0.25, 0.3) is 0 Å². The number of pyridine rings is 2. The molecule has 0 radical (unpaired) electrons. The van der Waals surface area contributed by atoms with Gasteiger partial charge < -0.3 is 10.2 Å². The molecule has 3 heterocycles. The number of carbonyl (C=O) groups is 2. The van der Waals surface area contributed by atoms with E-state index in [1.54, 1.807) is 23.2 Å². The van der Waals surface area contributed by atoms with E-state index in [2.05, 4.69) is 15.3 Å². The highest BCUT2D eigenvalue weighted by atomic mass is 16.2. The summed E-state index contributed by atoms with van der Waals surface area (Å²) >= 11 is 0. The van der Waals surface area contributed by atoms with E-state index in [0.717, 1.165) is 24.2 Å². The molecule has 1 N–H and O–H groups in total. The molecule has 2 aromatic heterocycles. The highest BCUT2D eigenvalue weighted by Crippen LogP contribution is 2.20. The molecule has 1 atom stereocenters. The zero-order valence-corrected chi connectivity index (χ0v) is 14.5. The predicted molar refractivity (Wildman–Crippen MR) is 95.2 cm³/mol. The van der Waals surface area contributed by atoms with E-state index < -0.39 is 0 Å². The number of amides is 2. The van der Waals surface area contributed by atoms with Gasteiger partial charge in [0.2, 0.25) is 5.91 Å². The minimum Gasteiger partial charge on any atom is -0.338 e. The van der Waals surface area contributed by atoms with Crippen molar-refractivity contribution < 1.29 is 9.59 Å². The predicted octanol–water partition coefficient (Wildman–Crippen LogP) is 2.58. The molecular weight excluding hydrogens is 316 g/mol. The van der Waals surface area contributed by atoms with Gasteiger partial charge in [-0.3, -0.25) is 14.6 Å². The van der Waals surface area contributed by atoms with Crippen LogP contribution in [0, 0.1) is 19.8 Å². The summed E-state index contributed by atoms with van der Waals surface area (Å²) in [7, 11) is 0. The summed E-state index contributed by atoms with van der Waals surface area (Å²) in [6.07, 6.45) is 3.18. The lowest BCUT2D eigenvalue weighted by atomic mass is 9.96. The van der Waals surface area contributed by atoms with E-state index in [-0.39, 0.29) is 17.7 Å². The van der Waals surface area contributed by atoms with Gasteiger partial charge >= 0.3 is 0 Å². The summed E-state index contributed by atoms with van der Waals surface area (Å²) in [4.78, 5) is 35.4. The fraction of sp³-hybridized carbons (Fsp3) is 0.368. The number of piperidine rings is 1. The fourth-order valence-electron chi connectivity index (χ4n) is 2.99. The van der Waals surface area contributed by atoms with Crippen molar-refractivity contribution in [3.63, 3.8) is 0 Å². The summed E-state index contributed by atoms with van der Waals surface area (Å²) < 4.78 is 0. The van der Waals surface area contributed by atoms with Crippen LogP contribution in [0.1, 0.15) is 34.6 Å². The first-order valence-electron chi connectivity index (χ1n) is 8.49. The van der Waals surface area contributed by atoms with Crippen molar-refractivity contribution in [3.05, 3.63) is 53.5 Å². The van der Waals surface area contributed by atoms with E-state index in [4.69, 9.17) is 0 Å². The summed E-state index contributed by atoms with van der Waals surface area (Å²) in [5, 5.41) is 2.86. The first-order chi connectivity index (χ1) is 12.0. The molecule has 0 aliphatic carbocycles. The Morgan fingerprint density at radius 1 is 1.16 bits per heavy atom. The molecule has 1 aliphatic rings. The number of aryl methyl sites for hydroxylation is 2. The Balaban J connectivity index is 1.65. The number of anilines is 1. The fourth-order valence-corrected chi connectivity index (χ4v) is 2.99. The highest BCUT2D eigenvalue weighted by molar-refractivity contribution is 5.95. The van der Waals surface area contributed by atoms with Crippen LogP contribution in [0.4, 0.5) is 5.82 Å². The molecule has 1 saturated heterocycles. The molecule has 2 amide bonds. The molecule has 1 aliphatic heterocycles. The third-order valence-corrected chi connectivity index (χ3v) is 4.38. The van der Waals surface area contributed by atoms with E-state index in [1.807, 2.05) is 32.0 Å². The topological polar surface area (TPSA) is 75.2 Å². The molecule has 1 fully saturated rings. The Bertz CT molecular complexity index is 773. The number of nitrogens with zero attached hydrogens (tertiary/aromatic N) is 3. The lowest BCUT2D eigenvalue weighted by Crippen LogP contribution is -2.43. The molecule has 3 rings (SSSR count). The zero-order chi connectivity index (χ0) is 17.8. The Labute approximate surface area is 147 Å². The van der Waals surface area contributed by atoms with Gasteiger partial charge in [0.05, 0.1) is 11.5 Å². The van der Waals surface area contributed by atoms with Crippen molar-refractivity contribution in [2.75, 3.05) is 18.4 Å². The van der Waals surface area contributed by atoms with Crippen molar-refractivity contribution in [3.8, 4) is 0 Å². The lowest BCUT2D eigenvalue weighted by Gasteiger charge is -2.32. The van der Waals surface area contributed by atoms with Crippen LogP contribution >= 0.6 is 0 Å². The highest BCUT2D eigenvalue weighted by Gasteiger charge is 2.29. The SMILES string of the molecule is Cc1ccc(C(=O)N2CCC[C@H](C(=O)Nc3cccc(C)n3)C2)cn1. The van der Waals surface area contributed by atoms with Gasteiger partial charge in [-0.15, -0.1) is 0 Å². The molecule has 0 bridgehead atoms. The number of hydrogen-bond acceptors (Lipinski definition) is 4. The molecule has 6 heteroatoms. The number of nitrogens with one attached hydrogen (secondary N) is 1. The molecule has 0 spiro atoms. The molecule has 25 heavy (non-hydrogen) atoms. The van der Waals surface area contributed by atoms with Crippen LogP contribution in [0.15, 0.2) is 36.5 Å². The van der Waals surface area contributed by atoms with Crippen molar-refractivity contribution in [2.24, 2.45) is 5.92 Å². The van der Waals surface area contributed by atoms with Crippen LogP contribution in [-0.2, 0) is 4.79 Å². The summed E-state index contributed by atoms with van der Waals surface area (Å²) in [5.41, 5.74) is 2.29. The van der Waals surface area contributed by atoms with Crippen LogP contribution in [0.2, 0.25) is 0 Å². The van der Waals surface area contributed by atoms with Gasteiger partial charge in [0, 0.05) is 30.7 Å². The maximum absolute atomic E-state index is 12.6. The number of likely N-dealkylation sites (tertiary alicyclic amines) is 1. The summed E-state index contributed by atoms with van der Waals surface area (Å²) in [6.45, 7) is 4.85. The second-order valence-electron chi connectivity index (χ2n) is 6.43. The maximum Gasteiger partial charge on any atom is 0.255 e. The average Bonchev–Trinajstić information content (AvgIpc) is 2.62. The third kappa shape index (κ3) is 4.21. The van der Waals surface area contributed by atoms with Crippen LogP contribution in [0.5, 0.6) is 0 Å². The zero-order valence-electron chi connectivity index (χ0n) is 14.5. The molecule has 0 saturated carbocycles. The van der Waals surface area contributed by atoms with Crippen molar-refractivity contribution >= 4 is 17.6 Å². The standard InChI is InChI=1S/C19H22N4O2/c1-13-8-9-15(11-20-13)19(25)23-10-4-6-16(12-23)18(24)22-17-7-3-5-14(2)21-17/h3,5,7-9,11,16H,4,6,10,12H2,1-2H3,(H,21,22,24)/t16-/m0/s1. The van der Waals surface area contributed by atoms with Crippen molar-refractivity contribution in [2.45, 2.75) is 26.7 Å². The average molecular weight is 338 g/mol. The molecular formula is C19H22N4O2. The van der Waals surface area contributed by atoms with Gasteiger partial charge in [-0.05, 0) is 51.0 Å². The second kappa shape index (κ2) is 7.42. The molecule has 6 nitrogen and oxygen atoms in total. The van der Waals surface area contributed by atoms with E-state index in [0.29, 0.717) is 24.5 Å². The number of hydrogen-bond donors (Lipinski definition) is 1. The van der Waals surface area contributed by atoms with E-state index in [1.165, 1.54) is 0 Å². The normalized spacial score (nSPS) is 17.2. The third-order valence-electron chi connectivity index (χ3n) is 4.38. The maximum atomic E-state index is 12.6. The number of rotatable bonds is 3. The largest absolute Gasteiger partial charge is 0.338 e. The van der Waals surface area contributed by atoms with Gasteiger partial charge in [-0.2, -0.15) is 0 Å². The van der Waals surface area contributed by atoms with Crippen LogP contribution in [0.3, 0.4) is 0 Å². The van der Waals surface area contributed by atoms with E-state index >= 15 is 0 Å². The van der Waals surface area contributed by atoms with Crippen molar-refractivity contribution in [1.82, 2.24) is 14.9 Å². The Morgan fingerprint density at radius 3 is 2.72 bits per heavy atom. The molecule has 130 valence electrons. The summed E-state index contributed by atoms with van der Waals surface area (Å²) in [5.74, 6) is 0.172. The van der Waals surface area contributed by atoms with Gasteiger partial charge in [-0.25, -0.2) is 4.98 Å². The minimum atomic E-state index is -0.224. The van der Waals surface area contributed by atoms with E-state index in [9.17, 15) is 9.59 Å². The van der Waals surface area contributed by atoms with Gasteiger partial charge in [0.25, 0.3) is 5.91 Å². The van der Waals surface area contributed by atoms with Crippen LogP contribution < -0.4 is 5.32 Å². The van der Waals surface area contributed by atoms with Gasteiger partial charge in [0.15, 0.2) is 0 Å². The van der Waals surface area contributed by atoms with Crippen molar-refractivity contribution in [1.29, 1.82) is 0 Å². The van der Waals surface area contributed by atoms with Gasteiger partial charge in [-0.1, -0.05) is 6.07 Å². The molecule has 0 unspecified atom stereocenters. The molecule has 0 aromatic carbocycles. The minimum absolute atomic E-state index is 0.0707. The Morgan fingerprint density at radius 2 is 2.00 bits per heavy atom.